The van der Waals surface area contributed by atoms with Crippen LogP contribution in [-0.2, 0) is 6.42 Å². The molecule has 0 aliphatic carbocycles. The van der Waals surface area contributed by atoms with Crippen LogP contribution in [0.15, 0.2) is 18.6 Å². The second kappa shape index (κ2) is 5.59. The number of rotatable bonds is 4. The average molecular weight is 298 g/mol. The number of aromatic nitrogens is 5. The summed E-state index contributed by atoms with van der Waals surface area (Å²) in [5.41, 5.74) is 4.64. The first-order valence-corrected chi connectivity index (χ1v) is 7.15. The highest BCUT2D eigenvalue weighted by molar-refractivity contribution is 6.01. The van der Waals surface area contributed by atoms with E-state index in [4.69, 9.17) is 0 Å². The molecule has 0 spiro atoms. The minimum absolute atomic E-state index is 0.149. The van der Waals surface area contributed by atoms with Gasteiger partial charge in [0.05, 0.1) is 12.0 Å². The summed E-state index contributed by atoms with van der Waals surface area (Å²) in [6.07, 6.45) is 4.08. The van der Waals surface area contributed by atoms with E-state index in [-0.39, 0.29) is 5.91 Å². The highest BCUT2D eigenvalue weighted by atomic mass is 16.1. The zero-order valence-electron chi connectivity index (χ0n) is 12.8. The van der Waals surface area contributed by atoms with Gasteiger partial charge >= 0.3 is 0 Å². The number of imidazole rings is 1. The number of nitrogens with one attached hydrogen (secondary N) is 2. The van der Waals surface area contributed by atoms with Crippen molar-refractivity contribution < 1.29 is 4.79 Å². The second-order valence-electron chi connectivity index (χ2n) is 5.32. The Morgan fingerprint density at radius 3 is 2.91 bits per heavy atom. The van der Waals surface area contributed by atoms with Crippen LogP contribution in [0, 0.1) is 20.8 Å². The van der Waals surface area contributed by atoms with E-state index in [1.807, 2.05) is 26.8 Å². The van der Waals surface area contributed by atoms with Gasteiger partial charge in [-0.3, -0.25) is 4.79 Å². The SMILES string of the molecule is Cc1cc(C)n2nc(C)c(C(=O)NCCc3cnc[nH]3)c2n1. The Kier molecular flexibility index (Phi) is 3.62. The molecule has 0 bridgehead atoms. The third-order valence-corrected chi connectivity index (χ3v) is 3.53. The molecule has 3 aromatic rings. The van der Waals surface area contributed by atoms with Crippen molar-refractivity contribution >= 4 is 11.6 Å². The van der Waals surface area contributed by atoms with Gasteiger partial charge < -0.3 is 10.3 Å². The molecule has 2 N–H and O–H groups in total. The van der Waals surface area contributed by atoms with Crippen molar-refractivity contribution in [2.45, 2.75) is 27.2 Å². The van der Waals surface area contributed by atoms with Crippen molar-refractivity contribution in [3.05, 3.63) is 46.9 Å². The standard InChI is InChI=1S/C15H18N6O/c1-9-6-10(2)21-14(19-9)13(11(3)20-21)15(22)17-5-4-12-7-16-8-18-12/h6-8H,4-5H2,1-3H3,(H,16,18)(H,17,22). The van der Waals surface area contributed by atoms with E-state index < -0.39 is 0 Å². The number of carbonyl (C=O) groups excluding carboxylic acids is 1. The lowest BCUT2D eigenvalue weighted by Gasteiger charge is -2.05. The smallest absolute Gasteiger partial charge is 0.257 e. The van der Waals surface area contributed by atoms with Gasteiger partial charge in [-0.2, -0.15) is 5.10 Å². The number of hydrogen-bond acceptors (Lipinski definition) is 4. The van der Waals surface area contributed by atoms with Crippen molar-refractivity contribution in [2.24, 2.45) is 0 Å². The minimum Gasteiger partial charge on any atom is -0.351 e. The molecule has 1 amide bonds. The normalized spacial score (nSPS) is 11.0. The summed E-state index contributed by atoms with van der Waals surface area (Å²) < 4.78 is 1.71. The van der Waals surface area contributed by atoms with Gasteiger partial charge in [-0.1, -0.05) is 0 Å². The predicted octanol–water partition coefficient (Wildman–Crippen LogP) is 1.35. The molecule has 0 aliphatic heterocycles. The molecule has 3 rings (SSSR count). The van der Waals surface area contributed by atoms with Gasteiger partial charge in [0.2, 0.25) is 0 Å². The van der Waals surface area contributed by atoms with E-state index in [1.165, 1.54) is 0 Å². The molecule has 114 valence electrons. The first kappa shape index (κ1) is 14.2. The summed E-state index contributed by atoms with van der Waals surface area (Å²) in [6.45, 7) is 6.22. The van der Waals surface area contributed by atoms with Gasteiger partial charge in [0.15, 0.2) is 5.65 Å². The lowest BCUT2D eigenvalue weighted by Crippen LogP contribution is -2.26. The van der Waals surface area contributed by atoms with Crippen LogP contribution in [0.5, 0.6) is 0 Å². The lowest BCUT2D eigenvalue weighted by molar-refractivity contribution is 0.0955. The number of hydrogen-bond donors (Lipinski definition) is 2. The molecule has 0 atom stereocenters. The second-order valence-corrected chi connectivity index (χ2v) is 5.32. The molecule has 7 nitrogen and oxygen atoms in total. The van der Waals surface area contributed by atoms with Crippen LogP contribution >= 0.6 is 0 Å². The van der Waals surface area contributed by atoms with Crippen molar-refractivity contribution in [1.29, 1.82) is 0 Å². The lowest BCUT2D eigenvalue weighted by atomic mass is 10.2. The summed E-state index contributed by atoms with van der Waals surface area (Å²) in [7, 11) is 0. The van der Waals surface area contributed by atoms with E-state index in [0.717, 1.165) is 17.1 Å². The highest BCUT2D eigenvalue weighted by Gasteiger charge is 2.19. The van der Waals surface area contributed by atoms with Crippen LogP contribution in [0.2, 0.25) is 0 Å². The third-order valence-electron chi connectivity index (χ3n) is 3.53. The molecule has 3 aromatic heterocycles. The molecular formula is C15H18N6O. The Morgan fingerprint density at radius 2 is 2.18 bits per heavy atom. The molecule has 0 saturated heterocycles. The van der Waals surface area contributed by atoms with Crippen molar-refractivity contribution in [1.82, 2.24) is 29.9 Å². The molecular weight excluding hydrogens is 280 g/mol. The zero-order chi connectivity index (χ0) is 15.7. The number of amides is 1. The maximum atomic E-state index is 12.5. The van der Waals surface area contributed by atoms with Gasteiger partial charge in [0.1, 0.15) is 5.56 Å². The summed E-state index contributed by atoms with van der Waals surface area (Å²) in [5.74, 6) is -0.149. The fourth-order valence-electron chi connectivity index (χ4n) is 2.51. The van der Waals surface area contributed by atoms with E-state index in [0.29, 0.717) is 29.9 Å². The van der Waals surface area contributed by atoms with Crippen LogP contribution in [0.1, 0.15) is 33.1 Å². The minimum atomic E-state index is -0.149. The summed E-state index contributed by atoms with van der Waals surface area (Å²) in [5, 5.41) is 7.33. The highest BCUT2D eigenvalue weighted by Crippen LogP contribution is 2.16. The Morgan fingerprint density at radius 1 is 1.36 bits per heavy atom. The van der Waals surface area contributed by atoms with E-state index in [2.05, 4.69) is 25.4 Å². The van der Waals surface area contributed by atoms with Gasteiger partial charge in [-0.25, -0.2) is 14.5 Å². The monoisotopic (exact) mass is 298 g/mol. The number of nitrogens with zero attached hydrogens (tertiary/aromatic N) is 4. The molecule has 0 saturated carbocycles. The summed E-state index contributed by atoms with van der Waals surface area (Å²) in [6, 6.07) is 1.94. The predicted molar refractivity (Wildman–Crippen MR) is 81.8 cm³/mol. The molecule has 7 heteroatoms. The number of aryl methyl sites for hydroxylation is 3. The Hall–Kier alpha value is -2.70. The zero-order valence-corrected chi connectivity index (χ0v) is 12.8. The quantitative estimate of drug-likeness (QED) is 0.761. The molecule has 3 heterocycles. The van der Waals surface area contributed by atoms with Crippen LogP contribution in [-0.4, -0.2) is 37.0 Å². The van der Waals surface area contributed by atoms with Crippen LogP contribution < -0.4 is 5.32 Å². The average Bonchev–Trinajstić information content (AvgIpc) is 3.06. The van der Waals surface area contributed by atoms with Crippen molar-refractivity contribution in [2.75, 3.05) is 6.54 Å². The first-order chi connectivity index (χ1) is 10.6. The number of H-pyrrole nitrogens is 1. The van der Waals surface area contributed by atoms with Gasteiger partial charge in [0, 0.05) is 36.2 Å². The fourth-order valence-corrected chi connectivity index (χ4v) is 2.51. The first-order valence-electron chi connectivity index (χ1n) is 7.15. The molecule has 0 radical (unpaired) electrons. The molecule has 0 fully saturated rings. The van der Waals surface area contributed by atoms with Gasteiger partial charge in [0.25, 0.3) is 5.91 Å². The molecule has 0 unspecified atom stereocenters. The van der Waals surface area contributed by atoms with Crippen LogP contribution in [0.3, 0.4) is 0 Å². The summed E-state index contributed by atoms with van der Waals surface area (Å²) in [4.78, 5) is 23.9. The third kappa shape index (κ3) is 2.57. The molecule has 0 aromatic carbocycles. The molecule has 22 heavy (non-hydrogen) atoms. The van der Waals surface area contributed by atoms with Crippen molar-refractivity contribution in [3.8, 4) is 0 Å². The Bertz CT molecular complexity index is 818. The maximum absolute atomic E-state index is 12.5. The van der Waals surface area contributed by atoms with Gasteiger partial charge in [-0.05, 0) is 26.8 Å². The Labute approximate surface area is 127 Å². The van der Waals surface area contributed by atoms with Crippen molar-refractivity contribution in [3.63, 3.8) is 0 Å². The maximum Gasteiger partial charge on any atom is 0.257 e. The van der Waals surface area contributed by atoms with E-state index >= 15 is 0 Å². The topological polar surface area (TPSA) is 88.0 Å². The number of carbonyl (C=O) groups is 1. The van der Waals surface area contributed by atoms with Crippen LogP contribution in [0.4, 0.5) is 0 Å². The van der Waals surface area contributed by atoms with Crippen LogP contribution in [0.25, 0.3) is 5.65 Å². The van der Waals surface area contributed by atoms with Gasteiger partial charge in [-0.15, -0.1) is 0 Å². The number of aromatic amines is 1. The molecule has 0 aliphatic rings. The largest absolute Gasteiger partial charge is 0.351 e. The summed E-state index contributed by atoms with van der Waals surface area (Å²) >= 11 is 0. The Balaban J connectivity index is 1.82. The van der Waals surface area contributed by atoms with E-state index in [1.54, 1.807) is 17.0 Å². The number of fused-ring (bicyclic) bond motifs is 1. The van der Waals surface area contributed by atoms with E-state index in [9.17, 15) is 4.79 Å². The fraction of sp³-hybridized carbons (Fsp3) is 0.333.